The van der Waals surface area contributed by atoms with Crippen molar-refractivity contribution in [3.63, 3.8) is 0 Å². The van der Waals surface area contributed by atoms with Crippen LogP contribution in [0.2, 0.25) is 5.02 Å². The summed E-state index contributed by atoms with van der Waals surface area (Å²) in [4.78, 5) is 34.0. The predicted octanol–water partition coefficient (Wildman–Crippen LogP) is 0.867. The van der Waals surface area contributed by atoms with E-state index in [0.29, 0.717) is 5.02 Å². The molecule has 4 amide bonds. The molecule has 0 aliphatic heterocycles. The summed E-state index contributed by atoms with van der Waals surface area (Å²) in [6, 6.07) is 5.75. The van der Waals surface area contributed by atoms with Gasteiger partial charge in [-0.25, -0.2) is 10.2 Å². The van der Waals surface area contributed by atoms with Gasteiger partial charge in [-0.2, -0.15) is 0 Å². The normalized spacial score (nSPS) is 11.2. The monoisotopic (exact) mass is 312 g/mol. The van der Waals surface area contributed by atoms with E-state index in [2.05, 4.69) is 21.5 Å². The fourth-order valence-corrected chi connectivity index (χ4v) is 1.74. The van der Waals surface area contributed by atoms with Crippen LogP contribution in [0.5, 0.6) is 0 Å². The summed E-state index contributed by atoms with van der Waals surface area (Å²) in [5.74, 6) is -0.700. The van der Waals surface area contributed by atoms with Crippen molar-refractivity contribution >= 4 is 29.4 Å². The van der Waals surface area contributed by atoms with Gasteiger partial charge in [0, 0.05) is 19.0 Å². The maximum absolute atomic E-state index is 11.8. The fourth-order valence-electron chi connectivity index (χ4n) is 1.62. The third kappa shape index (κ3) is 6.13. The van der Waals surface area contributed by atoms with Crippen molar-refractivity contribution in [2.24, 2.45) is 0 Å². The topological polar surface area (TPSA) is 99.3 Å². The molecule has 0 radical (unpaired) electrons. The Morgan fingerprint density at radius 2 is 1.76 bits per heavy atom. The van der Waals surface area contributed by atoms with E-state index in [9.17, 15) is 14.4 Å². The molecule has 0 saturated heterocycles. The van der Waals surface area contributed by atoms with Crippen LogP contribution < -0.4 is 21.5 Å². The lowest BCUT2D eigenvalue weighted by Crippen LogP contribution is -2.46. The molecule has 1 rings (SSSR count). The first-order valence-corrected chi connectivity index (χ1v) is 6.59. The minimum Gasteiger partial charge on any atom is -0.349 e. The molecule has 0 heterocycles. The standard InChI is InChI=1S/C13H17ClN4O3/c1-8(19)16-11(9-3-5-10(14)6-4-9)7-12(20)17-18-13(21)15-2/h3-6,11H,7H2,1-2H3,(H,16,19)(H,17,20)(H2,15,18,21). The number of hydrogen-bond acceptors (Lipinski definition) is 3. The number of urea groups is 1. The molecule has 0 fully saturated rings. The molecule has 21 heavy (non-hydrogen) atoms. The van der Waals surface area contributed by atoms with Crippen LogP contribution in [0.4, 0.5) is 4.79 Å². The first-order valence-electron chi connectivity index (χ1n) is 6.21. The number of hydrazine groups is 1. The fraction of sp³-hybridized carbons (Fsp3) is 0.308. The SMILES string of the molecule is CNC(=O)NNC(=O)CC(NC(C)=O)c1ccc(Cl)cc1. The predicted molar refractivity (Wildman–Crippen MR) is 78.4 cm³/mol. The van der Waals surface area contributed by atoms with Crippen LogP contribution in [-0.2, 0) is 9.59 Å². The Bertz CT molecular complexity index is 519. The van der Waals surface area contributed by atoms with Crippen molar-refractivity contribution in [2.45, 2.75) is 19.4 Å². The van der Waals surface area contributed by atoms with E-state index in [-0.39, 0.29) is 12.3 Å². The van der Waals surface area contributed by atoms with E-state index in [1.165, 1.54) is 14.0 Å². The summed E-state index contributed by atoms with van der Waals surface area (Å²) in [5.41, 5.74) is 5.15. The summed E-state index contributed by atoms with van der Waals surface area (Å²) < 4.78 is 0. The van der Waals surface area contributed by atoms with Gasteiger partial charge in [-0.05, 0) is 17.7 Å². The van der Waals surface area contributed by atoms with Crippen LogP contribution in [0.25, 0.3) is 0 Å². The second-order valence-corrected chi connectivity index (χ2v) is 4.70. The van der Waals surface area contributed by atoms with Crippen LogP contribution >= 0.6 is 11.6 Å². The number of amides is 4. The summed E-state index contributed by atoms with van der Waals surface area (Å²) in [5, 5.41) is 5.53. The number of benzene rings is 1. The molecule has 1 unspecified atom stereocenters. The Balaban J connectivity index is 2.70. The Morgan fingerprint density at radius 3 is 2.29 bits per heavy atom. The van der Waals surface area contributed by atoms with Gasteiger partial charge in [0.25, 0.3) is 0 Å². The second-order valence-electron chi connectivity index (χ2n) is 4.26. The van der Waals surface area contributed by atoms with Crippen LogP contribution in [0, 0.1) is 0 Å². The van der Waals surface area contributed by atoms with Gasteiger partial charge in [-0.1, -0.05) is 23.7 Å². The summed E-state index contributed by atoms with van der Waals surface area (Å²) in [6.07, 6.45) is -0.0226. The quantitative estimate of drug-likeness (QED) is 0.621. The molecule has 8 heteroatoms. The third-order valence-electron chi connectivity index (χ3n) is 2.58. The summed E-state index contributed by atoms with van der Waals surface area (Å²) >= 11 is 5.81. The van der Waals surface area contributed by atoms with Crippen molar-refractivity contribution < 1.29 is 14.4 Å². The van der Waals surface area contributed by atoms with Crippen LogP contribution in [-0.4, -0.2) is 24.9 Å². The molecule has 114 valence electrons. The molecule has 0 aliphatic rings. The smallest absolute Gasteiger partial charge is 0.333 e. The molecule has 0 saturated carbocycles. The molecule has 0 spiro atoms. The largest absolute Gasteiger partial charge is 0.349 e. The van der Waals surface area contributed by atoms with Crippen LogP contribution in [0.1, 0.15) is 24.9 Å². The number of nitrogens with one attached hydrogen (secondary N) is 4. The van der Waals surface area contributed by atoms with Crippen molar-refractivity contribution in [1.82, 2.24) is 21.5 Å². The molecule has 0 aliphatic carbocycles. The van der Waals surface area contributed by atoms with Gasteiger partial charge in [-0.15, -0.1) is 0 Å². The van der Waals surface area contributed by atoms with Crippen LogP contribution in [0.15, 0.2) is 24.3 Å². The zero-order valence-electron chi connectivity index (χ0n) is 11.7. The Hall–Kier alpha value is -2.28. The minimum absolute atomic E-state index is 0.0226. The van der Waals surface area contributed by atoms with E-state index in [1.807, 2.05) is 0 Å². The van der Waals surface area contributed by atoms with Crippen molar-refractivity contribution in [3.05, 3.63) is 34.9 Å². The Morgan fingerprint density at radius 1 is 1.14 bits per heavy atom. The molecule has 1 aromatic carbocycles. The highest BCUT2D eigenvalue weighted by Gasteiger charge is 2.17. The highest BCUT2D eigenvalue weighted by molar-refractivity contribution is 6.30. The number of halogens is 1. The summed E-state index contributed by atoms with van der Waals surface area (Å²) in [7, 11) is 1.43. The molecule has 4 N–H and O–H groups in total. The highest BCUT2D eigenvalue weighted by Crippen LogP contribution is 2.19. The Labute approximate surface area is 127 Å². The molecule has 0 bridgehead atoms. The first kappa shape index (κ1) is 16.8. The zero-order chi connectivity index (χ0) is 15.8. The highest BCUT2D eigenvalue weighted by atomic mass is 35.5. The minimum atomic E-state index is -0.536. The van der Waals surface area contributed by atoms with E-state index in [1.54, 1.807) is 24.3 Å². The Kier molecular flexibility index (Phi) is 6.48. The van der Waals surface area contributed by atoms with Gasteiger partial charge < -0.3 is 10.6 Å². The van der Waals surface area contributed by atoms with Crippen molar-refractivity contribution in [2.75, 3.05) is 7.05 Å². The van der Waals surface area contributed by atoms with E-state index in [0.717, 1.165) is 5.56 Å². The molecular weight excluding hydrogens is 296 g/mol. The lowest BCUT2D eigenvalue weighted by atomic mass is 10.0. The molecule has 0 aromatic heterocycles. The third-order valence-corrected chi connectivity index (χ3v) is 2.83. The van der Waals surface area contributed by atoms with Gasteiger partial charge in [-0.3, -0.25) is 15.0 Å². The van der Waals surface area contributed by atoms with Crippen molar-refractivity contribution in [1.29, 1.82) is 0 Å². The van der Waals surface area contributed by atoms with Gasteiger partial charge in [0.15, 0.2) is 0 Å². The maximum atomic E-state index is 11.8. The number of rotatable bonds is 4. The average Bonchev–Trinajstić information content (AvgIpc) is 2.44. The van der Waals surface area contributed by atoms with E-state index >= 15 is 0 Å². The maximum Gasteiger partial charge on any atom is 0.333 e. The van der Waals surface area contributed by atoms with Crippen molar-refractivity contribution in [3.8, 4) is 0 Å². The van der Waals surface area contributed by atoms with Gasteiger partial charge in [0.2, 0.25) is 11.8 Å². The molecule has 7 nitrogen and oxygen atoms in total. The summed E-state index contributed by atoms with van der Waals surface area (Å²) in [6.45, 7) is 1.36. The van der Waals surface area contributed by atoms with Gasteiger partial charge >= 0.3 is 6.03 Å². The average molecular weight is 313 g/mol. The number of carbonyl (C=O) groups is 3. The van der Waals surface area contributed by atoms with E-state index in [4.69, 9.17) is 11.6 Å². The second kappa shape index (κ2) is 8.11. The zero-order valence-corrected chi connectivity index (χ0v) is 12.5. The molecule has 1 atom stereocenters. The number of hydrogen-bond donors (Lipinski definition) is 4. The molecule has 1 aromatic rings. The van der Waals surface area contributed by atoms with Gasteiger partial charge in [0.1, 0.15) is 0 Å². The number of carbonyl (C=O) groups excluding carboxylic acids is 3. The first-order chi connectivity index (χ1) is 9.92. The lowest BCUT2D eigenvalue weighted by molar-refractivity contribution is -0.123. The lowest BCUT2D eigenvalue weighted by Gasteiger charge is -2.18. The van der Waals surface area contributed by atoms with E-state index < -0.39 is 18.0 Å². The molecular formula is C13H17ClN4O3. The van der Waals surface area contributed by atoms with Gasteiger partial charge in [0.05, 0.1) is 12.5 Å². The van der Waals surface area contributed by atoms with Crippen LogP contribution in [0.3, 0.4) is 0 Å².